The molecule has 1 saturated heterocycles. The molecule has 1 N–H and O–H groups in total. The molecule has 0 unspecified atom stereocenters. The number of thiazole rings is 1. The van der Waals surface area contributed by atoms with Gasteiger partial charge < -0.3 is 9.80 Å². The normalized spacial score (nSPS) is 14.8. The van der Waals surface area contributed by atoms with Crippen molar-refractivity contribution in [3.8, 4) is 0 Å². The van der Waals surface area contributed by atoms with E-state index in [1.54, 1.807) is 58.0 Å². The first-order valence-electron chi connectivity index (χ1n) is 9.05. The monoisotopic (exact) mass is 448 g/mol. The highest BCUT2D eigenvalue weighted by atomic mass is 32.2. The van der Waals surface area contributed by atoms with Crippen LogP contribution in [0.3, 0.4) is 0 Å². The Kier molecular flexibility index (Phi) is 5.57. The van der Waals surface area contributed by atoms with Crippen LogP contribution in [0.25, 0.3) is 0 Å². The van der Waals surface area contributed by atoms with E-state index >= 15 is 0 Å². The van der Waals surface area contributed by atoms with Crippen LogP contribution in [0, 0.1) is 6.92 Å². The average molecular weight is 449 g/mol. The first-order chi connectivity index (χ1) is 13.9. The largest absolute Gasteiger partial charge is 0.345 e. The van der Waals surface area contributed by atoms with Gasteiger partial charge in [-0.3, -0.25) is 9.52 Å². The van der Waals surface area contributed by atoms with E-state index in [9.17, 15) is 13.2 Å². The zero-order valence-electron chi connectivity index (χ0n) is 15.7. The number of amides is 1. The number of benzene rings is 1. The van der Waals surface area contributed by atoms with Gasteiger partial charge in [-0.2, -0.15) is 0 Å². The summed E-state index contributed by atoms with van der Waals surface area (Å²) < 4.78 is 27.6. The molecule has 1 aliphatic rings. The van der Waals surface area contributed by atoms with Crippen LogP contribution in [0.15, 0.2) is 51.4 Å². The average Bonchev–Trinajstić information content (AvgIpc) is 3.40. The molecule has 0 radical (unpaired) electrons. The Hall–Kier alpha value is -2.43. The second kappa shape index (κ2) is 8.13. The van der Waals surface area contributed by atoms with E-state index in [1.165, 1.54) is 0 Å². The molecule has 29 heavy (non-hydrogen) atoms. The Balaban J connectivity index is 1.43. The molecule has 0 spiro atoms. The predicted molar refractivity (Wildman–Crippen MR) is 117 cm³/mol. The standard InChI is InChI=1S/C19H20N4O3S3/c1-14-13-28-19(20-14)23-9-7-22(8-10-23)18(24)15-4-2-5-16(12-15)21-29(25,26)17-6-3-11-27-17/h2-6,11-13,21H,7-10H2,1H3. The maximum Gasteiger partial charge on any atom is 0.271 e. The third-order valence-corrected chi connectivity index (χ3v) is 8.36. The molecule has 3 heterocycles. The lowest BCUT2D eigenvalue weighted by molar-refractivity contribution is 0.0747. The highest BCUT2D eigenvalue weighted by molar-refractivity contribution is 7.94. The molecule has 10 heteroatoms. The van der Waals surface area contributed by atoms with E-state index in [2.05, 4.69) is 14.6 Å². The van der Waals surface area contributed by atoms with Crippen LogP contribution >= 0.6 is 22.7 Å². The smallest absolute Gasteiger partial charge is 0.271 e. The van der Waals surface area contributed by atoms with Crippen molar-refractivity contribution in [2.24, 2.45) is 0 Å². The Morgan fingerprint density at radius 3 is 2.55 bits per heavy atom. The third kappa shape index (κ3) is 4.44. The molecular weight excluding hydrogens is 428 g/mol. The fourth-order valence-electron chi connectivity index (χ4n) is 3.11. The van der Waals surface area contributed by atoms with E-state index < -0.39 is 10.0 Å². The molecule has 1 aromatic carbocycles. The maximum absolute atomic E-state index is 12.9. The van der Waals surface area contributed by atoms with Gasteiger partial charge in [0.2, 0.25) is 0 Å². The second-order valence-corrected chi connectivity index (χ2v) is 10.4. The summed E-state index contributed by atoms with van der Waals surface area (Å²) in [6.07, 6.45) is 0. The summed E-state index contributed by atoms with van der Waals surface area (Å²) in [7, 11) is -3.64. The van der Waals surface area contributed by atoms with Gasteiger partial charge in [-0.1, -0.05) is 12.1 Å². The zero-order valence-corrected chi connectivity index (χ0v) is 18.2. The minimum Gasteiger partial charge on any atom is -0.345 e. The van der Waals surface area contributed by atoms with Crippen LogP contribution in [-0.2, 0) is 10.0 Å². The lowest BCUT2D eigenvalue weighted by Crippen LogP contribution is -2.48. The first-order valence-corrected chi connectivity index (χ1v) is 12.3. The number of aromatic nitrogens is 1. The Labute approximate surface area is 177 Å². The van der Waals surface area contributed by atoms with Gasteiger partial charge in [0.1, 0.15) is 4.21 Å². The van der Waals surface area contributed by atoms with E-state index in [0.29, 0.717) is 24.3 Å². The molecule has 2 aromatic heterocycles. The molecule has 0 bridgehead atoms. The lowest BCUT2D eigenvalue weighted by Gasteiger charge is -2.34. The van der Waals surface area contributed by atoms with Crippen LogP contribution in [0.4, 0.5) is 10.8 Å². The fraction of sp³-hybridized carbons (Fsp3) is 0.263. The Morgan fingerprint density at radius 1 is 1.10 bits per heavy atom. The van der Waals surface area contributed by atoms with Gasteiger partial charge in [0.05, 0.1) is 5.69 Å². The van der Waals surface area contributed by atoms with Gasteiger partial charge in [0.15, 0.2) is 5.13 Å². The van der Waals surface area contributed by atoms with Crippen LogP contribution < -0.4 is 9.62 Å². The number of hydrogen-bond donors (Lipinski definition) is 1. The minimum atomic E-state index is -3.64. The number of nitrogens with one attached hydrogen (secondary N) is 1. The van der Waals surface area contributed by atoms with Crippen molar-refractivity contribution in [3.05, 3.63) is 58.4 Å². The summed E-state index contributed by atoms with van der Waals surface area (Å²) in [5.74, 6) is -0.0999. The van der Waals surface area contributed by atoms with Crippen molar-refractivity contribution >= 4 is 49.4 Å². The number of carbonyl (C=O) groups excluding carboxylic acids is 1. The van der Waals surface area contributed by atoms with Gasteiger partial charge >= 0.3 is 0 Å². The van der Waals surface area contributed by atoms with Gasteiger partial charge in [-0.05, 0) is 36.6 Å². The lowest BCUT2D eigenvalue weighted by atomic mass is 10.1. The van der Waals surface area contributed by atoms with Crippen molar-refractivity contribution in [2.45, 2.75) is 11.1 Å². The number of rotatable bonds is 5. The summed E-state index contributed by atoms with van der Waals surface area (Å²) in [6.45, 7) is 4.62. The summed E-state index contributed by atoms with van der Waals surface area (Å²) in [5, 5.41) is 4.72. The number of thiophene rings is 1. The molecule has 0 atom stereocenters. The molecule has 7 nitrogen and oxygen atoms in total. The van der Waals surface area contributed by atoms with Gasteiger partial charge in [0, 0.05) is 42.8 Å². The number of sulfonamides is 1. The number of aryl methyl sites for hydroxylation is 1. The first kappa shape index (κ1) is 19.9. The van der Waals surface area contributed by atoms with Crippen LogP contribution in [-0.4, -0.2) is 50.4 Å². The Bertz CT molecular complexity index is 1100. The molecule has 3 aromatic rings. The molecule has 152 valence electrons. The maximum atomic E-state index is 12.9. The van der Waals surface area contributed by atoms with Crippen molar-refractivity contribution in [2.75, 3.05) is 35.8 Å². The van der Waals surface area contributed by atoms with Crippen molar-refractivity contribution in [1.29, 1.82) is 0 Å². The molecule has 1 aliphatic heterocycles. The molecular formula is C19H20N4O3S3. The quantitative estimate of drug-likeness (QED) is 0.648. The molecule has 1 fully saturated rings. The highest BCUT2D eigenvalue weighted by Gasteiger charge is 2.24. The molecule has 0 saturated carbocycles. The number of carbonyl (C=O) groups is 1. The van der Waals surface area contributed by atoms with E-state index in [1.807, 2.05) is 12.3 Å². The van der Waals surface area contributed by atoms with Crippen molar-refractivity contribution in [3.63, 3.8) is 0 Å². The summed E-state index contributed by atoms with van der Waals surface area (Å²) >= 11 is 2.76. The van der Waals surface area contributed by atoms with Gasteiger partial charge in [-0.15, -0.1) is 22.7 Å². The van der Waals surface area contributed by atoms with E-state index in [4.69, 9.17) is 0 Å². The number of piperazine rings is 1. The topological polar surface area (TPSA) is 82.6 Å². The number of nitrogens with zero attached hydrogens (tertiary/aromatic N) is 3. The number of anilines is 2. The zero-order chi connectivity index (χ0) is 20.4. The minimum absolute atomic E-state index is 0.0999. The third-order valence-electron chi connectivity index (χ3n) is 4.57. The van der Waals surface area contributed by atoms with E-state index in [-0.39, 0.29) is 10.1 Å². The number of hydrogen-bond acceptors (Lipinski definition) is 7. The molecule has 1 amide bonds. The van der Waals surface area contributed by atoms with Crippen molar-refractivity contribution < 1.29 is 13.2 Å². The molecule has 0 aliphatic carbocycles. The highest BCUT2D eigenvalue weighted by Crippen LogP contribution is 2.23. The van der Waals surface area contributed by atoms with Gasteiger partial charge in [0.25, 0.3) is 15.9 Å². The SMILES string of the molecule is Cc1csc(N2CCN(C(=O)c3cccc(NS(=O)(=O)c4cccs4)c3)CC2)n1. The summed E-state index contributed by atoms with van der Waals surface area (Å²) in [6, 6.07) is 9.86. The summed E-state index contributed by atoms with van der Waals surface area (Å²) in [4.78, 5) is 21.4. The Morgan fingerprint density at radius 2 is 1.90 bits per heavy atom. The predicted octanol–water partition coefficient (Wildman–Crippen LogP) is 3.28. The molecule has 4 rings (SSSR count). The summed E-state index contributed by atoms with van der Waals surface area (Å²) in [5.41, 5.74) is 1.85. The van der Waals surface area contributed by atoms with Gasteiger partial charge in [-0.25, -0.2) is 13.4 Å². The van der Waals surface area contributed by atoms with Crippen LogP contribution in [0.5, 0.6) is 0 Å². The fourth-order valence-corrected chi connectivity index (χ4v) is 6.01. The van der Waals surface area contributed by atoms with E-state index in [0.717, 1.165) is 35.3 Å². The van der Waals surface area contributed by atoms with Crippen LogP contribution in [0.2, 0.25) is 0 Å². The van der Waals surface area contributed by atoms with Crippen molar-refractivity contribution in [1.82, 2.24) is 9.88 Å². The second-order valence-electron chi connectivity index (χ2n) is 6.67. The van der Waals surface area contributed by atoms with Crippen LogP contribution in [0.1, 0.15) is 16.1 Å².